The molecule has 1 N–H and O–H groups in total. The lowest BCUT2D eigenvalue weighted by Gasteiger charge is -2.17. The van der Waals surface area contributed by atoms with Gasteiger partial charge in [0.05, 0.1) is 5.56 Å². The lowest BCUT2D eigenvalue weighted by molar-refractivity contribution is 0.0780. The smallest absolute Gasteiger partial charge is 0.256 e. The van der Waals surface area contributed by atoms with Crippen molar-refractivity contribution in [3.8, 4) is 0 Å². The molecule has 2 rings (SSSR count). The molecule has 18 heavy (non-hydrogen) atoms. The van der Waals surface area contributed by atoms with Gasteiger partial charge in [-0.05, 0) is 37.0 Å². The summed E-state index contributed by atoms with van der Waals surface area (Å²) in [5, 5.41) is 8.87. The van der Waals surface area contributed by atoms with Gasteiger partial charge >= 0.3 is 0 Å². The molecule has 98 valence electrons. The quantitative estimate of drug-likeness (QED) is 0.930. The van der Waals surface area contributed by atoms with E-state index in [0.29, 0.717) is 29.9 Å². The van der Waals surface area contributed by atoms with E-state index in [2.05, 4.69) is 15.9 Å². The predicted octanol–water partition coefficient (Wildman–Crippen LogP) is 2.43. The van der Waals surface area contributed by atoms with Gasteiger partial charge in [0.25, 0.3) is 5.91 Å². The summed E-state index contributed by atoms with van der Waals surface area (Å²) >= 11 is 3.17. The molecule has 5 heteroatoms. The van der Waals surface area contributed by atoms with Crippen molar-refractivity contribution in [1.82, 2.24) is 4.90 Å². The Balaban J connectivity index is 2.08. The van der Waals surface area contributed by atoms with Gasteiger partial charge in [-0.3, -0.25) is 4.79 Å². The van der Waals surface area contributed by atoms with Crippen LogP contribution in [-0.2, 0) is 0 Å². The normalized spacial score (nSPS) is 19.3. The number of carbonyl (C=O) groups excluding carboxylic acids is 1. The van der Waals surface area contributed by atoms with Crippen molar-refractivity contribution in [3.05, 3.63) is 34.1 Å². The van der Waals surface area contributed by atoms with Crippen LogP contribution in [0.1, 0.15) is 23.2 Å². The highest BCUT2D eigenvalue weighted by molar-refractivity contribution is 9.10. The molecule has 0 spiro atoms. The number of benzene rings is 1. The van der Waals surface area contributed by atoms with Crippen LogP contribution >= 0.6 is 15.9 Å². The molecular weight excluding hydrogens is 301 g/mol. The largest absolute Gasteiger partial charge is 0.396 e. The minimum atomic E-state index is -0.500. The molecule has 0 radical (unpaired) electrons. The second-order valence-electron chi connectivity index (χ2n) is 4.54. The van der Waals surface area contributed by atoms with E-state index in [1.165, 1.54) is 12.1 Å². The first-order valence-electron chi connectivity index (χ1n) is 5.97. The number of nitrogens with zero attached hydrogens (tertiary/aromatic N) is 1. The molecule has 1 unspecified atom stereocenters. The number of likely N-dealkylation sites (tertiary alicyclic amines) is 1. The Morgan fingerprint density at radius 2 is 2.33 bits per heavy atom. The van der Waals surface area contributed by atoms with Crippen molar-refractivity contribution in [2.24, 2.45) is 5.92 Å². The van der Waals surface area contributed by atoms with Gasteiger partial charge in [-0.1, -0.05) is 15.9 Å². The summed E-state index contributed by atoms with van der Waals surface area (Å²) in [6.07, 6.45) is 1.58. The number of rotatable bonds is 3. The van der Waals surface area contributed by atoms with Crippen LogP contribution in [0, 0.1) is 11.7 Å². The number of amides is 1. The maximum Gasteiger partial charge on any atom is 0.256 e. The van der Waals surface area contributed by atoms with Crippen LogP contribution in [0.5, 0.6) is 0 Å². The average Bonchev–Trinajstić information content (AvgIpc) is 2.77. The molecule has 1 aromatic rings. The highest BCUT2D eigenvalue weighted by Crippen LogP contribution is 2.23. The second-order valence-corrected chi connectivity index (χ2v) is 5.46. The lowest BCUT2D eigenvalue weighted by atomic mass is 10.1. The van der Waals surface area contributed by atoms with E-state index < -0.39 is 5.82 Å². The van der Waals surface area contributed by atoms with Crippen LogP contribution in [0.25, 0.3) is 0 Å². The molecule has 0 aromatic heterocycles. The molecule has 0 aliphatic carbocycles. The van der Waals surface area contributed by atoms with Gasteiger partial charge < -0.3 is 10.0 Å². The van der Waals surface area contributed by atoms with E-state index in [1.807, 2.05) is 0 Å². The molecule has 1 aromatic carbocycles. The van der Waals surface area contributed by atoms with E-state index in [9.17, 15) is 9.18 Å². The summed E-state index contributed by atoms with van der Waals surface area (Å²) in [5.41, 5.74) is 0.114. The fraction of sp³-hybridized carbons (Fsp3) is 0.462. The number of hydrogen-bond acceptors (Lipinski definition) is 2. The summed E-state index contributed by atoms with van der Waals surface area (Å²) in [6.45, 7) is 1.38. The topological polar surface area (TPSA) is 40.5 Å². The van der Waals surface area contributed by atoms with Gasteiger partial charge in [0, 0.05) is 24.2 Å². The van der Waals surface area contributed by atoms with Gasteiger partial charge in [-0.25, -0.2) is 4.39 Å². The first-order chi connectivity index (χ1) is 8.61. The fourth-order valence-electron chi connectivity index (χ4n) is 2.27. The Kier molecular flexibility index (Phi) is 4.35. The Morgan fingerprint density at radius 1 is 1.56 bits per heavy atom. The third kappa shape index (κ3) is 2.90. The van der Waals surface area contributed by atoms with E-state index in [-0.39, 0.29) is 18.1 Å². The monoisotopic (exact) mass is 315 g/mol. The van der Waals surface area contributed by atoms with Crippen molar-refractivity contribution in [3.63, 3.8) is 0 Å². The highest BCUT2D eigenvalue weighted by Gasteiger charge is 2.27. The highest BCUT2D eigenvalue weighted by atomic mass is 79.9. The van der Waals surface area contributed by atoms with Crippen LogP contribution in [-0.4, -0.2) is 35.6 Å². The Labute approximate surface area is 114 Å². The van der Waals surface area contributed by atoms with Crippen molar-refractivity contribution in [2.75, 3.05) is 19.7 Å². The predicted molar refractivity (Wildman–Crippen MR) is 69.8 cm³/mol. The Morgan fingerprint density at radius 3 is 3.00 bits per heavy atom. The number of aliphatic hydroxyl groups is 1. The maximum absolute atomic E-state index is 13.7. The third-order valence-electron chi connectivity index (χ3n) is 3.27. The van der Waals surface area contributed by atoms with E-state index in [4.69, 9.17) is 5.11 Å². The zero-order chi connectivity index (χ0) is 13.1. The number of hydrogen-bond donors (Lipinski definition) is 1. The molecule has 3 nitrogen and oxygen atoms in total. The van der Waals surface area contributed by atoms with Crippen molar-refractivity contribution in [1.29, 1.82) is 0 Å². The molecule has 1 heterocycles. The van der Waals surface area contributed by atoms with Gasteiger partial charge in [0.15, 0.2) is 0 Å². The molecule has 1 aliphatic heterocycles. The minimum absolute atomic E-state index is 0.114. The number of carbonyl (C=O) groups is 1. The Hall–Kier alpha value is -0.940. The van der Waals surface area contributed by atoms with Crippen LogP contribution < -0.4 is 0 Å². The van der Waals surface area contributed by atoms with Gasteiger partial charge in [-0.2, -0.15) is 0 Å². The number of halogens is 2. The fourth-order valence-corrected chi connectivity index (χ4v) is 2.60. The Bertz CT molecular complexity index is 453. The summed E-state index contributed by atoms with van der Waals surface area (Å²) in [4.78, 5) is 13.8. The SMILES string of the molecule is O=C(c1ccc(Br)cc1F)N1CCC(CCO)C1. The summed E-state index contributed by atoms with van der Waals surface area (Å²) < 4.78 is 14.3. The van der Waals surface area contributed by atoms with Crippen molar-refractivity contribution >= 4 is 21.8 Å². The van der Waals surface area contributed by atoms with E-state index in [0.717, 1.165) is 6.42 Å². The molecule has 1 aliphatic rings. The van der Waals surface area contributed by atoms with Crippen molar-refractivity contribution < 1.29 is 14.3 Å². The zero-order valence-electron chi connectivity index (χ0n) is 9.90. The van der Waals surface area contributed by atoms with Crippen LogP contribution in [0.4, 0.5) is 4.39 Å². The maximum atomic E-state index is 13.7. The standard InChI is InChI=1S/C13H15BrFNO2/c14-10-1-2-11(12(15)7-10)13(18)16-5-3-9(8-16)4-6-17/h1-2,7,9,17H,3-6,8H2. The number of aliphatic hydroxyl groups excluding tert-OH is 1. The summed E-state index contributed by atoms with van der Waals surface area (Å²) in [5.74, 6) is -0.433. The first-order valence-corrected chi connectivity index (χ1v) is 6.76. The third-order valence-corrected chi connectivity index (χ3v) is 3.77. The van der Waals surface area contributed by atoms with Crippen molar-refractivity contribution in [2.45, 2.75) is 12.8 Å². The molecule has 1 fully saturated rings. The first kappa shape index (κ1) is 13.5. The molecule has 1 atom stereocenters. The molecular formula is C13H15BrFNO2. The summed E-state index contributed by atoms with van der Waals surface area (Å²) in [6, 6.07) is 4.47. The van der Waals surface area contributed by atoms with E-state index >= 15 is 0 Å². The zero-order valence-corrected chi connectivity index (χ0v) is 11.5. The van der Waals surface area contributed by atoms with Crippen LogP contribution in [0.15, 0.2) is 22.7 Å². The van der Waals surface area contributed by atoms with Gasteiger partial charge in [0.2, 0.25) is 0 Å². The lowest BCUT2D eigenvalue weighted by Crippen LogP contribution is -2.29. The van der Waals surface area contributed by atoms with Crippen LogP contribution in [0.2, 0.25) is 0 Å². The summed E-state index contributed by atoms with van der Waals surface area (Å²) in [7, 11) is 0. The molecule has 0 saturated carbocycles. The molecule has 1 saturated heterocycles. The van der Waals surface area contributed by atoms with Crippen LogP contribution in [0.3, 0.4) is 0 Å². The second kappa shape index (κ2) is 5.80. The molecule has 1 amide bonds. The van der Waals surface area contributed by atoms with Gasteiger partial charge in [-0.15, -0.1) is 0 Å². The van der Waals surface area contributed by atoms with Gasteiger partial charge in [0.1, 0.15) is 5.82 Å². The van der Waals surface area contributed by atoms with E-state index in [1.54, 1.807) is 11.0 Å². The molecule has 0 bridgehead atoms. The average molecular weight is 316 g/mol. The minimum Gasteiger partial charge on any atom is -0.396 e.